The van der Waals surface area contributed by atoms with Gasteiger partial charge in [0.2, 0.25) is 0 Å². The van der Waals surface area contributed by atoms with Gasteiger partial charge in [-0.25, -0.2) is 0 Å². The van der Waals surface area contributed by atoms with Crippen LogP contribution in [-0.4, -0.2) is 5.91 Å². The third-order valence-electron chi connectivity index (χ3n) is 4.69. The van der Waals surface area contributed by atoms with E-state index < -0.39 is 0 Å². The number of hydrogen-bond donors (Lipinski definition) is 1. The monoisotopic (exact) mass is 360 g/mol. The fourth-order valence-electron chi connectivity index (χ4n) is 2.98. The van der Waals surface area contributed by atoms with Crippen LogP contribution in [0.3, 0.4) is 0 Å². The zero-order valence-electron chi connectivity index (χ0n) is 16.9. The minimum atomic E-state index is -0.368. The van der Waals surface area contributed by atoms with Gasteiger partial charge in [-0.05, 0) is 46.6 Å². The maximum atomic E-state index is 12.7. The smallest absolute Gasteiger partial charge is 0.266 e. The highest BCUT2D eigenvalue weighted by Gasteiger charge is 2.15. The highest BCUT2D eigenvalue weighted by Crippen LogP contribution is 2.25. The highest BCUT2D eigenvalue weighted by molar-refractivity contribution is 6.10. The minimum Gasteiger partial charge on any atom is -0.321 e. The lowest BCUT2D eigenvalue weighted by Crippen LogP contribution is -2.16. The molecule has 0 unspecified atom stereocenters. The normalized spacial score (nSPS) is 11.8. The molecular formula is C24H28N2O. The van der Waals surface area contributed by atoms with Crippen molar-refractivity contribution in [2.24, 2.45) is 0 Å². The van der Waals surface area contributed by atoms with E-state index >= 15 is 0 Å². The maximum absolute atomic E-state index is 12.7. The van der Waals surface area contributed by atoms with Crippen molar-refractivity contribution < 1.29 is 4.79 Å². The summed E-state index contributed by atoms with van der Waals surface area (Å²) in [4.78, 5) is 12.7. The number of nitrogens with zero attached hydrogens (tertiary/aromatic N) is 1. The molecule has 0 aliphatic rings. The van der Waals surface area contributed by atoms with E-state index in [0.29, 0.717) is 0 Å². The first-order chi connectivity index (χ1) is 12.8. The molecule has 2 aromatic carbocycles. The minimum absolute atomic E-state index is 0.0676. The molecule has 0 atom stereocenters. The number of nitriles is 1. The lowest BCUT2D eigenvalue weighted by Gasteiger charge is -2.18. The Morgan fingerprint density at radius 3 is 2.04 bits per heavy atom. The van der Waals surface area contributed by atoms with Crippen LogP contribution >= 0.6 is 0 Å². The molecule has 0 heterocycles. The van der Waals surface area contributed by atoms with Crippen LogP contribution < -0.4 is 5.32 Å². The number of nitrogens with one attached hydrogen (secondary N) is 1. The molecule has 0 saturated carbocycles. The first-order valence-corrected chi connectivity index (χ1v) is 9.44. The van der Waals surface area contributed by atoms with Crippen LogP contribution in [0.4, 0.5) is 5.69 Å². The van der Waals surface area contributed by atoms with Gasteiger partial charge in [0.05, 0.1) is 0 Å². The topological polar surface area (TPSA) is 52.9 Å². The Morgan fingerprint density at radius 2 is 1.59 bits per heavy atom. The van der Waals surface area contributed by atoms with Gasteiger partial charge in [-0.3, -0.25) is 4.79 Å². The van der Waals surface area contributed by atoms with Gasteiger partial charge in [-0.15, -0.1) is 0 Å². The summed E-state index contributed by atoms with van der Waals surface area (Å²) in [6.45, 7) is 10.6. The third-order valence-corrected chi connectivity index (χ3v) is 4.69. The highest BCUT2D eigenvalue weighted by atomic mass is 16.1. The van der Waals surface area contributed by atoms with Gasteiger partial charge in [0.1, 0.15) is 11.6 Å². The maximum Gasteiger partial charge on any atom is 0.266 e. The summed E-state index contributed by atoms with van der Waals surface area (Å²) in [7, 11) is 0. The SMILES string of the molecule is CCc1cccc(CC)c1NC(=O)/C(C#N)=C\c1ccc(C(C)(C)C)cc1. The molecule has 2 rings (SSSR count). The number of para-hydroxylation sites is 1. The van der Waals surface area contributed by atoms with Gasteiger partial charge in [-0.1, -0.05) is 77.1 Å². The second-order valence-corrected chi connectivity index (χ2v) is 7.65. The van der Waals surface area contributed by atoms with Gasteiger partial charge in [0, 0.05) is 5.69 Å². The Morgan fingerprint density at radius 1 is 1.04 bits per heavy atom. The predicted molar refractivity (Wildman–Crippen MR) is 113 cm³/mol. The number of aryl methyl sites for hydroxylation is 2. The molecule has 1 N–H and O–H groups in total. The van der Waals surface area contributed by atoms with Crippen molar-refractivity contribution in [3.8, 4) is 6.07 Å². The average molecular weight is 361 g/mol. The van der Waals surface area contributed by atoms with E-state index in [1.54, 1.807) is 6.08 Å². The van der Waals surface area contributed by atoms with E-state index in [0.717, 1.165) is 35.2 Å². The van der Waals surface area contributed by atoms with Crippen molar-refractivity contribution in [2.45, 2.75) is 52.9 Å². The number of carbonyl (C=O) groups excluding carboxylic acids is 1. The van der Waals surface area contributed by atoms with Crippen molar-refractivity contribution in [3.63, 3.8) is 0 Å². The van der Waals surface area contributed by atoms with Crippen molar-refractivity contribution in [2.75, 3.05) is 5.32 Å². The number of amides is 1. The second-order valence-electron chi connectivity index (χ2n) is 7.65. The second kappa shape index (κ2) is 8.68. The number of benzene rings is 2. The Kier molecular flexibility index (Phi) is 6.58. The van der Waals surface area contributed by atoms with Gasteiger partial charge < -0.3 is 5.32 Å². The summed E-state index contributed by atoms with van der Waals surface area (Å²) < 4.78 is 0. The van der Waals surface area contributed by atoms with Crippen LogP contribution in [-0.2, 0) is 23.1 Å². The van der Waals surface area contributed by atoms with E-state index in [1.165, 1.54) is 5.56 Å². The Balaban J connectivity index is 2.29. The molecule has 0 aliphatic heterocycles. The Hall–Kier alpha value is -2.86. The molecule has 140 valence electrons. The lowest BCUT2D eigenvalue weighted by atomic mass is 9.86. The zero-order valence-corrected chi connectivity index (χ0v) is 16.9. The number of anilines is 1. The Bertz CT molecular complexity index is 856. The van der Waals surface area contributed by atoms with Crippen molar-refractivity contribution in [1.82, 2.24) is 0 Å². The number of carbonyl (C=O) groups is 1. The number of hydrogen-bond acceptors (Lipinski definition) is 2. The van der Waals surface area contributed by atoms with E-state index in [1.807, 2.05) is 48.5 Å². The first kappa shape index (κ1) is 20.5. The van der Waals surface area contributed by atoms with Crippen LogP contribution in [0.25, 0.3) is 6.08 Å². The zero-order chi connectivity index (χ0) is 20.0. The van der Waals surface area contributed by atoms with Gasteiger partial charge >= 0.3 is 0 Å². The molecule has 0 saturated heterocycles. The molecule has 0 fully saturated rings. The van der Waals surface area contributed by atoms with Crippen molar-refractivity contribution in [3.05, 3.63) is 70.3 Å². The summed E-state index contributed by atoms with van der Waals surface area (Å²) in [5, 5.41) is 12.5. The fraction of sp³-hybridized carbons (Fsp3) is 0.333. The standard InChI is InChI=1S/C24H28N2O/c1-6-18-9-8-10-19(7-2)22(18)26-23(27)20(16-25)15-17-11-13-21(14-12-17)24(3,4)5/h8-15H,6-7H2,1-5H3,(H,26,27)/b20-15-. The van der Waals surface area contributed by atoms with Crippen molar-refractivity contribution >= 4 is 17.7 Å². The van der Waals surface area contributed by atoms with Gasteiger partial charge in [0.15, 0.2) is 0 Å². The molecule has 0 bridgehead atoms. The van der Waals surface area contributed by atoms with Crippen LogP contribution in [0.2, 0.25) is 0 Å². The molecule has 3 heteroatoms. The van der Waals surface area contributed by atoms with E-state index in [9.17, 15) is 10.1 Å². The van der Waals surface area contributed by atoms with E-state index in [2.05, 4.69) is 39.9 Å². The van der Waals surface area contributed by atoms with Crippen LogP contribution in [0.15, 0.2) is 48.0 Å². The van der Waals surface area contributed by atoms with Crippen molar-refractivity contribution in [1.29, 1.82) is 5.26 Å². The molecular weight excluding hydrogens is 332 g/mol. The molecule has 3 nitrogen and oxygen atoms in total. The molecule has 0 radical (unpaired) electrons. The number of rotatable bonds is 5. The summed E-state index contributed by atoms with van der Waals surface area (Å²) >= 11 is 0. The Labute approximate surface area is 162 Å². The van der Waals surface area contributed by atoms with E-state index in [4.69, 9.17) is 0 Å². The predicted octanol–water partition coefficient (Wildman–Crippen LogP) is 5.65. The summed E-state index contributed by atoms with van der Waals surface area (Å²) in [5.74, 6) is -0.368. The van der Waals surface area contributed by atoms with Crippen LogP contribution in [0.1, 0.15) is 56.9 Å². The first-order valence-electron chi connectivity index (χ1n) is 9.44. The van der Waals surface area contributed by atoms with E-state index in [-0.39, 0.29) is 16.9 Å². The summed E-state index contributed by atoms with van der Waals surface area (Å²) in [5.41, 5.74) is 5.21. The molecule has 0 aliphatic carbocycles. The van der Waals surface area contributed by atoms with Gasteiger partial charge in [0.25, 0.3) is 5.91 Å². The summed E-state index contributed by atoms with van der Waals surface area (Å²) in [6, 6.07) is 16.0. The van der Waals surface area contributed by atoms with Gasteiger partial charge in [-0.2, -0.15) is 5.26 Å². The van der Waals surface area contributed by atoms with Crippen LogP contribution in [0, 0.1) is 11.3 Å². The molecule has 0 spiro atoms. The molecule has 0 aromatic heterocycles. The fourth-order valence-corrected chi connectivity index (χ4v) is 2.98. The summed E-state index contributed by atoms with van der Waals surface area (Å²) in [6.07, 6.45) is 3.29. The molecule has 2 aromatic rings. The quantitative estimate of drug-likeness (QED) is 0.553. The molecule has 27 heavy (non-hydrogen) atoms. The molecule has 1 amide bonds. The average Bonchev–Trinajstić information content (AvgIpc) is 2.65. The third kappa shape index (κ3) is 5.08. The lowest BCUT2D eigenvalue weighted by molar-refractivity contribution is -0.112. The largest absolute Gasteiger partial charge is 0.321 e. The van der Waals surface area contributed by atoms with Crippen LogP contribution in [0.5, 0.6) is 0 Å².